The SMILES string of the molecule is C#Cc1c(F)ccc2cc(OCOC)cc(-c3nc4c5c(nc(OCC6(CN7CCC(OC)(C(F)(F)F)CC7)CC6)nc5c3F)N3CCN(C(=O)OC(C)(C)C)CC3CC4)c12.CC. The molecule has 3 aliphatic heterocycles. The van der Waals surface area contributed by atoms with Crippen LogP contribution in [0.1, 0.15) is 78.0 Å². The number of likely N-dealkylation sites (tertiary alicyclic amines) is 1. The highest BCUT2D eigenvalue weighted by molar-refractivity contribution is 6.03. The first-order valence-electron chi connectivity index (χ1n) is 21.4. The van der Waals surface area contributed by atoms with Crippen molar-refractivity contribution < 1.29 is 50.4 Å². The summed E-state index contributed by atoms with van der Waals surface area (Å²) in [6.07, 6.45) is 3.02. The van der Waals surface area contributed by atoms with Crippen LogP contribution in [0.5, 0.6) is 11.8 Å². The average molecular weight is 883 g/mol. The van der Waals surface area contributed by atoms with Crippen molar-refractivity contribution in [2.45, 2.75) is 96.6 Å². The van der Waals surface area contributed by atoms with Gasteiger partial charge in [0.2, 0.25) is 0 Å². The molecule has 1 amide bonds. The number of ether oxygens (including phenoxy) is 5. The third kappa shape index (κ3) is 9.17. The van der Waals surface area contributed by atoms with Crippen LogP contribution in [0.15, 0.2) is 24.3 Å². The summed E-state index contributed by atoms with van der Waals surface area (Å²) in [5.74, 6) is 1.68. The Hall–Kier alpha value is -5.05. The molecule has 0 spiro atoms. The third-order valence-electron chi connectivity index (χ3n) is 12.3. The number of nitrogens with zero attached hydrogens (tertiary/aromatic N) is 6. The van der Waals surface area contributed by atoms with E-state index in [1.807, 2.05) is 44.4 Å². The number of piperazine rings is 1. The number of amides is 1. The lowest BCUT2D eigenvalue weighted by molar-refractivity contribution is -0.282. The maximum Gasteiger partial charge on any atom is 0.417 e. The van der Waals surface area contributed by atoms with E-state index in [1.165, 1.54) is 19.2 Å². The van der Waals surface area contributed by atoms with Crippen LogP contribution in [0.3, 0.4) is 0 Å². The monoisotopic (exact) mass is 882 g/mol. The van der Waals surface area contributed by atoms with E-state index >= 15 is 8.78 Å². The predicted molar refractivity (Wildman–Crippen MR) is 228 cm³/mol. The van der Waals surface area contributed by atoms with Gasteiger partial charge in [0, 0.05) is 75.9 Å². The standard InChI is InChI=1S/C44H49F5N6O6.C2H6/c1-7-29-31(45)10-8-26-20-28(60-25-57-5)21-30(33(26)29)36-35(46)37-34-32(50-36)11-9-27-22-54(40(56)61-41(2,3)4)18-19-55(27)38(34)52-39(51-37)59-24-42(12-13-42)23-53-16-14-43(58-6,15-17-53)44(47,48)49;1-2/h1,8,10,20-21,27H,9,11-19,22-25H2,2-6H3;1-2H3. The Bertz CT molecular complexity index is 2390. The van der Waals surface area contributed by atoms with Crippen molar-refractivity contribution in [3.63, 3.8) is 0 Å². The molecule has 1 unspecified atom stereocenters. The van der Waals surface area contributed by atoms with E-state index in [2.05, 4.69) is 5.92 Å². The van der Waals surface area contributed by atoms with Crippen LogP contribution in [-0.2, 0) is 20.6 Å². The van der Waals surface area contributed by atoms with Crippen molar-refractivity contribution in [1.29, 1.82) is 0 Å². The Morgan fingerprint density at radius 1 is 0.952 bits per heavy atom. The summed E-state index contributed by atoms with van der Waals surface area (Å²) >= 11 is 0. The molecule has 5 heterocycles. The fraction of sp³-hybridized carbons (Fsp3) is 0.565. The van der Waals surface area contributed by atoms with Gasteiger partial charge in [-0.05, 0) is 82.9 Å². The van der Waals surface area contributed by atoms with Gasteiger partial charge in [-0.15, -0.1) is 6.42 Å². The van der Waals surface area contributed by atoms with Crippen molar-refractivity contribution in [3.8, 4) is 35.4 Å². The zero-order valence-corrected chi connectivity index (χ0v) is 36.9. The Balaban J connectivity index is 0.00000293. The van der Waals surface area contributed by atoms with Gasteiger partial charge in [0.05, 0.1) is 23.3 Å². The van der Waals surface area contributed by atoms with Gasteiger partial charge >= 0.3 is 18.3 Å². The Kier molecular flexibility index (Phi) is 13.0. The van der Waals surface area contributed by atoms with Crippen LogP contribution < -0.4 is 14.4 Å². The lowest BCUT2D eigenvalue weighted by Gasteiger charge is -2.42. The fourth-order valence-corrected chi connectivity index (χ4v) is 8.86. The molecule has 12 nitrogen and oxygen atoms in total. The highest BCUT2D eigenvalue weighted by Gasteiger charge is 2.57. The molecule has 63 heavy (non-hydrogen) atoms. The molecule has 0 radical (unpaired) electrons. The summed E-state index contributed by atoms with van der Waals surface area (Å²) < 4.78 is 103. The Morgan fingerprint density at radius 3 is 2.32 bits per heavy atom. The van der Waals surface area contributed by atoms with Gasteiger partial charge in [0.25, 0.3) is 0 Å². The maximum atomic E-state index is 17.6. The molecule has 0 bridgehead atoms. The maximum absolute atomic E-state index is 17.6. The molecule has 2 saturated heterocycles. The Morgan fingerprint density at radius 2 is 1.68 bits per heavy atom. The number of hydrogen-bond donors (Lipinski definition) is 0. The number of anilines is 1. The molecule has 2 aromatic carbocycles. The molecule has 340 valence electrons. The van der Waals surface area contributed by atoms with Crippen molar-refractivity contribution in [2.24, 2.45) is 5.41 Å². The van der Waals surface area contributed by atoms with E-state index < -0.39 is 35.1 Å². The van der Waals surface area contributed by atoms with Crippen molar-refractivity contribution >= 4 is 33.6 Å². The quantitative estimate of drug-likeness (QED) is 0.0867. The molecule has 4 aliphatic rings. The number of aromatic nitrogens is 3. The van der Waals surface area contributed by atoms with Gasteiger partial charge < -0.3 is 38.4 Å². The minimum atomic E-state index is -4.47. The number of rotatable bonds is 10. The molecule has 17 heteroatoms. The second-order valence-corrected chi connectivity index (χ2v) is 17.5. The van der Waals surface area contributed by atoms with Crippen LogP contribution >= 0.6 is 0 Å². The summed E-state index contributed by atoms with van der Waals surface area (Å²) in [6.45, 7) is 11.4. The molecule has 0 N–H and O–H groups in total. The number of fused-ring (bicyclic) bond motifs is 3. The van der Waals surface area contributed by atoms with Gasteiger partial charge in [0.15, 0.2) is 18.2 Å². The number of carbonyl (C=O) groups excluding carboxylic acids is 1. The van der Waals surface area contributed by atoms with Crippen LogP contribution in [0.4, 0.5) is 32.6 Å². The molecular weight excluding hydrogens is 828 g/mol. The fourth-order valence-electron chi connectivity index (χ4n) is 8.86. The Labute approximate surface area is 364 Å². The highest BCUT2D eigenvalue weighted by Crippen LogP contribution is 2.49. The lowest BCUT2D eigenvalue weighted by Crippen LogP contribution is -2.55. The molecular formula is C46H55F5N6O6. The summed E-state index contributed by atoms with van der Waals surface area (Å²) in [6, 6.07) is 5.64. The number of carbonyl (C=O) groups is 1. The topological polar surface area (TPSA) is 112 Å². The molecule has 1 atom stereocenters. The number of aryl methyl sites for hydroxylation is 1. The number of benzene rings is 2. The lowest BCUT2D eigenvalue weighted by atomic mass is 9.89. The summed E-state index contributed by atoms with van der Waals surface area (Å²) in [7, 11) is 2.57. The van der Waals surface area contributed by atoms with Gasteiger partial charge in [-0.2, -0.15) is 23.1 Å². The van der Waals surface area contributed by atoms with E-state index in [4.69, 9.17) is 45.1 Å². The molecule has 3 fully saturated rings. The first-order valence-corrected chi connectivity index (χ1v) is 21.4. The second-order valence-electron chi connectivity index (χ2n) is 17.5. The van der Waals surface area contributed by atoms with Crippen molar-refractivity contribution in [2.75, 3.05) is 71.8 Å². The van der Waals surface area contributed by atoms with Crippen molar-refractivity contribution in [3.05, 3.63) is 47.2 Å². The van der Waals surface area contributed by atoms with Gasteiger partial charge in [0.1, 0.15) is 34.2 Å². The number of pyridine rings is 1. The van der Waals surface area contributed by atoms with E-state index in [9.17, 15) is 18.0 Å². The number of methoxy groups -OCH3 is 2. The normalized spacial score (nSPS) is 19.4. The largest absolute Gasteiger partial charge is 0.468 e. The number of halogens is 5. The second kappa shape index (κ2) is 17.8. The summed E-state index contributed by atoms with van der Waals surface area (Å²) in [4.78, 5) is 33.5. The van der Waals surface area contributed by atoms with Gasteiger partial charge in [-0.25, -0.2) is 18.6 Å². The van der Waals surface area contributed by atoms with Crippen LogP contribution in [0.2, 0.25) is 0 Å². The zero-order chi connectivity index (χ0) is 45.5. The van der Waals surface area contributed by atoms with Crippen LogP contribution in [0, 0.1) is 29.4 Å². The smallest absolute Gasteiger partial charge is 0.417 e. The van der Waals surface area contributed by atoms with E-state index in [0.29, 0.717) is 67.1 Å². The third-order valence-corrected chi connectivity index (χ3v) is 12.3. The summed E-state index contributed by atoms with van der Waals surface area (Å²) in [5.41, 5.74) is -2.79. The number of hydrogen-bond acceptors (Lipinski definition) is 11. The molecule has 8 rings (SSSR count). The van der Waals surface area contributed by atoms with Gasteiger partial charge in [-0.3, -0.25) is 0 Å². The number of terminal acetylenes is 1. The average Bonchev–Trinajstić information content (AvgIpc) is 4.05. The van der Waals surface area contributed by atoms with Crippen molar-refractivity contribution in [1.82, 2.24) is 24.8 Å². The highest BCUT2D eigenvalue weighted by atomic mass is 19.4. The first-order chi connectivity index (χ1) is 30.0. The molecule has 4 aromatic rings. The zero-order valence-electron chi connectivity index (χ0n) is 36.9. The van der Waals surface area contributed by atoms with Crippen LogP contribution in [-0.4, -0.2) is 121 Å². The minimum absolute atomic E-state index is 0.0609. The predicted octanol–water partition coefficient (Wildman–Crippen LogP) is 8.69. The molecule has 2 aromatic heterocycles. The van der Waals surface area contributed by atoms with E-state index in [0.717, 1.165) is 20.0 Å². The minimum Gasteiger partial charge on any atom is -0.468 e. The van der Waals surface area contributed by atoms with Gasteiger partial charge in [-0.1, -0.05) is 25.8 Å². The van der Waals surface area contributed by atoms with Crippen LogP contribution in [0.25, 0.3) is 32.9 Å². The van der Waals surface area contributed by atoms with E-state index in [1.54, 1.807) is 17.0 Å². The summed E-state index contributed by atoms with van der Waals surface area (Å²) in [5, 5.41) is 1.15. The number of piperidine rings is 1. The number of alkyl halides is 3. The van der Waals surface area contributed by atoms with E-state index in [-0.39, 0.29) is 84.5 Å². The molecule has 1 aliphatic carbocycles. The molecule has 1 saturated carbocycles. The first kappa shape index (κ1) is 46.0.